The Bertz CT molecular complexity index is 196. The number of carboxylic acid groups (broad SMARTS) is 1. The van der Waals surface area contributed by atoms with Gasteiger partial charge in [-0.3, -0.25) is 0 Å². The van der Waals surface area contributed by atoms with Crippen LogP contribution in [0.3, 0.4) is 0 Å². The average Bonchev–Trinajstić information content (AvgIpc) is 2.14. The summed E-state index contributed by atoms with van der Waals surface area (Å²) in [7, 11) is 0. The molecule has 0 atom stereocenters. The lowest BCUT2D eigenvalue weighted by Gasteiger charge is -2.23. The van der Waals surface area contributed by atoms with E-state index in [0.29, 0.717) is 0 Å². The van der Waals surface area contributed by atoms with Gasteiger partial charge in [-0.2, -0.15) is 0 Å². The Hall–Kier alpha value is -0.910. The molecule has 0 fully saturated rings. The molecule has 0 rings (SSSR count). The summed E-state index contributed by atoms with van der Waals surface area (Å²) in [5.74, 6) is -1.14. The standard InChI is InChI=1S/C8H14O5/c1-6(7(12)13)2-8(3-9,4-10)5-11/h2,9-11H,3-5H2,1H3,(H,12,13). The first-order valence-electron chi connectivity index (χ1n) is 3.76. The highest BCUT2D eigenvalue weighted by molar-refractivity contribution is 5.85. The maximum absolute atomic E-state index is 10.4. The molecule has 0 saturated carbocycles. The highest BCUT2D eigenvalue weighted by atomic mass is 16.4. The van der Waals surface area contributed by atoms with Gasteiger partial charge < -0.3 is 20.4 Å². The second kappa shape index (κ2) is 4.96. The Morgan fingerprint density at radius 2 is 1.62 bits per heavy atom. The van der Waals surface area contributed by atoms with E-state index in [1.807, 2.05) is 0 Å². The van der Waals surface area contributed by atoms with E-state index in [4.69, 9.17) is 20.4 Å². The van der Waals surface area contributed by atoms with Crippen LogP contribution in [0.2, 0.25) is 0 Å². The summed E-state index contributed by atoms with van der Waals surface area (Å²) < 4.78 is 0. The number of aliphatic hydroxyl groups is 3. The fourth-order valence-corrected chi connectivity index (χ4v) is 0.808. The quantitative estimate of drug-likeness (QED) is 0.416. The molecule has 5 heteroatoms. The lowest BCUT2D eigenvalue weighted by atomic mass is 9.89. The molecule has 0 heterocycles. The summed E-state index contributed by atoms with van der Waals surface area (Å²) in [5, 5.41) is 35.1. The predicted octanol–water partition coefficient (Wildman–Crippen LogP) is -1.02. The fraction of sp³-hybridized carbons (Fsp3) is 0.625. The third-order valence-corrected chi connectivity index (χ3v) is 1.80. The highest BCUT2D eigenvalue weighted by Crippen LogP contribution is 2.18. The molecule has 4 N–H and O–H groups in total. The Morgan fingerprint density at radius 3 is 1.85 bits per heavy atom. The summed E-state index contributed by atoms with van der Waals surface area (Å²) >= 11 is 0. The highest BCUT2D eigenvalue weighted by Gasteiger charge is 2.26. The molecule has 0 spiro atoms. The number of hydrogen-bond donors (Lipinski definition) is 4. The van der Waals surface area contributed by atoms with E-state index in [1.54, 1.807) is 0 Å². The van der Waals surface area contributed by atoms with E-state index in [0.717, 1.165) is 6.08 Å². The smallest absolute Gasteiger partial charge is 0.330 e. The summed E-state index contributed by atoms with van der Waals surface area (Å²) in [6.07, 6.45) is 1.16. The van der Waals surface area contributed by atoms with Gasteiger partial charge in [0.2, 0.25) is 0 Å². The summed E-state index contributed by atoms with van der Waals surface area (Å²) in [5.41, 5.74) is -1.26. The minimum Gasteiger partial charge on any atom is -0.478 e. The topological polar surface area (TPSA) is 98.0 Å². The predicted molar refractivity (Wildman–Crippen MR) is 45.1 cm³/mol. The van der Waals surface area contributed by atoms with Crippen LogP contribution in [0.25, 0.3) is 0 Å². The van der Waals surface area contributed by atoms with Crippen molar-refractivity contribution in [1.82, 2.24) is 0 Å². The molecule has 0 aliphatic carbocycles. The number of rotatable bonds is 5. The molecule has 0 amide bonds. The van der Waals surface area contributed by atoms with Gasteiger partial charge in [-0.1, -0.05) is 6.08 Å². The normalized spacial score (nSPS) is 13.1. The van der Waals surface area contributed by atoms with E-state index in [1.165, 1.54) is 6.92 Å². The molecule has 0 aliphatic heterocycles. The fourth-order valence-electron chi connectivity index (χ4n) is 0.808. The van der Waals surface area contributed by atoms with Crippen LogP contribution >= 0.6 is 0 Å². The number of aliphatic carboxylic acids is 1. The Labute approximate surface area is 75.9 Å². The van der Waals surface area contributed by atoms with Crippen LogP contribution in [0.4, 0.5) is 0 Å². The van der Waals surface area contributed by atoms with E-state index in [2.05, 4.69) is 0 Å². The summed E-state index contributed by atoms with van der Waals surface area (Å²) in [6, 6.07) is 0. The minimum atomic E-state index is -1.25. The molecule has 0 aromatic rings. The molecular formula is C8H14O5. The van der Waals surface area contributed by atoms with Crippen molar-refractivity contribution in [3.05, 3.63) is 11.6 Å². The third-order valence-electron chi connectivity index (χ3n) is 1.80. The van der Waals surface area contributed by atoms with Gasteiger partial charge in [0.1, 0.15) is 0 Å². The molecule has 0 unspecified atom stereocenters. The van der Waals surface area contributed by atoms with Gasteiger partial charge in [-0.05, 0) is 6.92 Å². The van der Waals surface area contributed by atoms with Crippen molar-refractivity contribution in [3.8, 4) is 0 Å². The second-order valence-corrected chi connectivity index (χ2v) is 2.97. The van der Waals surface area contributed by atoms with Crippen LogP contribution in [-0.2, 0) is 4.79 Å². The monoisotopic (exact) mass is 190 g/mol. The largest absolute Gasteiger partial charge is 0.478 e. The van der Waals surface area contributed by atoms with Gasteiger partial charge in [-0.15, -0.1) is 0 Å². The Morgan fingerprint density at radius 1 is 1.23 bits per heavy atom. The minimum absolute atomic E-state index is 0.0165. The molecule has 76 valence electrons. The molecule has 0 radical (unpaired) electrons. The summed E-state index contributed by atoms with van der Waals surface area (Å²) in [4.78, 5) is 10.4. The first kappa shape index (κ1) is 12.1. The van der Waals surface area contributed by atoms with Crippen LogP contribution < -0.4 is 0 Å². The molecular weight excluding hydrogens is 176 g/mol. The molecule has 0 aliphatic rings. The van der Waals surface area contributed by atoms with Crippen LogP contribution in [0.1, 0.15) is 6.92 Å². The lowest BCUT2D eigenvalue weighted by molar-refractivity contribution is -0.132. The van der Waals surface area contributed by atoms with Crippen molar-refractivity contribution in [3.63, 3.8) is 0 Å². The van der Waals surface area contributed by atoms with Crippen molar-refractivity contribution in [2.45, 2.75) is 6.92 Å². The number of aliphatic hydroxyl groups excluding tert-OH is 3. The van der Waals surface area contributed by atoms with Crippen molar-refractivity contribution in [2.75, 3.05) is 19.8 Å². The zero-order valence-corrected chi connectivity index (χ0v) is 7.40. The maximum Gasteiger partial charge on any atom is 0.330 e. The van der Waals surface area contributed by atoms with E-state index in [9.17, 15) is 4.79 Å². The van der Waals surface area contributed by atoms with Crippen molar-refractivity contribution < 1.29 is 25.2 Å². The van der Waals surface area contributed by atoms with E-state index < -0.39 is 31.2 Å². The molecule has 0 bridgehead atoms. The van der Waals surface area contributed by atoms with Gasteiger partial charge in [-0.25, -0.2) is 4.79 Å². The molecule has 0 saturated heterocycles. The van der Waals surface area contributed by atoms with Gasteiger partial charge in [0.05, 0.1) is 25.2 Å². The lowest BCUT2D eigenvalue weighted by Crippen LogP contribution is -2.32. The van der Waals surface area contributed by atoms with Crippen molar-refractivity contribution >= 4 is 5.97 Å². The van der Waals surface area contributed by atoms with Gasteiger partial charge >= 0.3 is 5.97 Å². The third kappa shape index (κ3) is 3.14. The van der Waals surface area contributed by atoms with Crippen LogP contribution in [-0.4, -0.2) is 46.2 Å². The van der Waals surface area contributed by atoms with Crippen molar-refractivity contribution in [2.24, 2.45) is 5.41 Å². The number of carboxylic acids is 1. The number of hydrogen-bond acceptors (Lipinski definition) is 4. The zero-order chi connectivity index (χ0) is 10.5. The summed E-state index contributed by atoms with van der Waals surface area (Å²) in [6.45, 7) is -0.155. The Kier molecular flexibility index (Phi) is 4.61. The molecule has 5 nitrogen and oxygen atoms in total. The maximum atomic E-state index is 10.4. The first-order chi connectivity index (χ1) is 6.01. The van der Waals surface area contributed by atoms with Crippen LogP contribution in [0, 0.1) is 5.41 Å². The Balaban J connectivity index is 4.76. The van der Waals surface area contributed by atoms with Gasteiger partial charge in [0.15, 0.2) is 0 Å². The van der Waals surface area contributed by atoms with Crippen LogP contribution in [0.15, 0.2) is 11.6 Å². The van der Waals surface area contributed by atoms with E-state index in [-0.39, 0.29) is 5.57 Å². The molecule has 13 heavy (non-hydrogen) atoms. The average molecular weight is 190 g/mol. The van der Waals surface area contributed by atoms with Gasteiger partial charge in [0, 0.05) is 5.57 Å². The van der Waals surface area contributed by atoms with E-state index >= 15 is 0 Å². The first-order valence-corrected chi connectivity index (χ1v) is 3.76. The van der Waals surface area contributed by atoms with Gasteiger partial charge in [0.25, 0.3) is 0 Å². The molecule has 0 aromatic heterocycles. The molecule has 0 aromatic carbocycles. The SMILES string of the molecule is CC(=CC(CO)(CO)CO)C(=O)O. The zero-order valence-electron chi connectivity index (χ0n) is 7.40. The number of carbonyl (C=O) groups is 1. The van der Waals surface area contributed by atoms with Crippen molar-refractivity contribution in [1.29, 1.82) is 0 Å². The van der Waals surface area contributed by atoms with Crippen LogP contribution in [0.5, 0.6) is 0 Å². The second-order valence-electron chi connectivity index (χ2n) is 2.97.